The number of nitrogens with zero attached hydrogens (tertiary/aromatic N) is 1. The van der Waals surface area contributed by atoms with Gasteiger partial charge >= 0.3 is 0 Å². The number of methoxy groups -OCH3 is 1. The highest BCUT2D eigenvalue weighted by Gasteiger charge is 2.37. The lowest BCUT2D eigenvalue weighted by Gasteiger charge is -2.37. The number of imide groups is 1. The van der Waals surface area contributed by atoms with E-state index in [0.29, 0.717) is 24.3 Å². The summed E-state index contributed by atoms with van der Waals surface area (Å²) in [5.41, 5.74) is 0.612. The molecule has 0 spiro atoms. The predicted molar refractivity (Wildman–Crippen MR) is 91.2 cm³/mol. The number of hydrogen-bond donors (Lipinski definition) is 2. The number of carbonyl (C=O) groups excluding carboxylic acids is 3. The Morgan fingerprint density at radius 3 is 2.36 bits per heavy atom. The summed E-state index contributed by atoms with van der Waals surface area (Å²) in [6.45, 7) is 2.56. The Kier molecular flexibility index (Phi) is 5.15. The molecule has 25 heavy (non-hydrogen) atoms. The van der Waals surface area contributed by atoms with Gasteiger partial charge in [-0.1, -0.05) is 12.1 Å². The fourth-order valence-electron chi connectivity index (χ4n) is 3.50. The van der Waals surface area contributed by atoms with Gasteiger partial charge in [-0.25, -0.2) is 0 Å². The van der Waals surface area contributed by atoms with E-state index in [1.807, 2.05) is 0 Å². The smallest absolute Gasteiger partial charge is 0.262 e. The van der Waals surface area contributed by atoms with Gasteiger partial charge in [0.05, 0.1) is 17.7 Å². The van der Waals surface area contributed by atoms with E-state index in [4.69, 9.17) is 4.74 Å². The van der Waals surface area contributed by atoms with E-state index >= 15 is 0 Å². The van der Waals surface area contributed by atoms with Crippen molar-refractivity contribution in [3.8, 4) is 0 Å². The molecule has 0 aliphatic carbocycles. The zero-order valence-corrected chi connectivity index (χ0v) is 14.3. The first-order chi connectivity index (χ1) is 12.1. The summed E-state index contributed by atoms with van der Waals surface area (Å²) in [7, 11) is 1.66. The number of piperidine rings is 1. The van der Waals surface area contributed by atoms with Gasteiger partial charge in [-0.05, 0) is 38.1 Å². The van der Waals surface area contributed by atoms with Crippen LogP contribution in [0.25, 0.3) is 0 Å². The molecule has 0 atom stereocenters. The molecule has 3 rings (SSSR count). The minimum atomic E-state index is -0.413. The Morgan fingerprint density at radius 2 is 1.80 bits per heavy atom. The molecule has 2 aliphatic heterocycles. The molecule has 2 heterocycles. The van der Waals surface area contributed by atoms with Crippen LogP contribution in [0.3, 0.4) is 0 Å². The van der Waals surface area contributed by atoms with Gasteiger partial charge < -0.3 is 15.4 Å². The van der Waals surface area contributed by atoms with Gasteiger partial charge in [-0.3, -0.25) is 19.3 Å². The van der Waals surface area contributed by atoms with E-state index in [0.717, 1.165) is 30.8 Å². The Hall–Kier alpha value is -2.25. The molecule has 0 aromatic heterocycles. The summed E-state index contributed by atoms with van der Waals surface area (Å²) in [5, 5.41) is 6.18. The molecule has 0 saturated carbocycles. The van der Waals surface area contributed by atoms with Gasteiger partial charge in [-0.2, -0.15) is 0 Å². The third-order valence-corrected chi connectivity index (χ3v) is 4.96. The fraction of sp³-hybridized carbons (Fsp3) is 0.500. The second kappa shape index (κ2) is 7.33. The Morgan fingerprint density at radius 1 is 1.20 bits per heavy atom. The number of benzene rings is 1. The standard InChI is InChI=1S/C18H23N3O4/c1-25-12-18(6-8-19-9-7-18)11-20-15(22)10-21-16(23)13-4-2-3-5-14(13)17(21)24/h2-5,19H,6-12H2,1H3,(H,20,22). The zero-order chi connectivity index (χ0) is 17.9. The summed E-state index contributed by atoms with van der Waals surface area (Å²) < 4.78 is 5.33. The monoisotopic (exact) mass is 345 g/mol. The van der Waals surface area contributed by atoms with Crippen LogP contribution in [0.15, 0.2) is 24.3 Å². The molecule has 0 unspecified atom stereocenters. The van der Waals surface area contributed by atoms with E-state index in [1.54, 1.807) is 31.4 Å². The van der Waals surface area contributed by atoms with Crippen molar-refractivity contribution in [3.05, 3.63) is 35.4 Å². The number of hydrogen-bond acceptors (Lipinski definition) is 5. The molecule has 2 N–H and O–H groups in total. The van der Waals surface area contributed by atoms with Crippen molar-refractivity contribution >= 4 is 17.7 Å². The van der Waals surface area contributed by atoms with Crippen molar-refractivity contribution in [2.45, 2.75) is 12.8 Å². The summed E-state index contributed by atoms with van der Waals surface area (Å²) >= 11 is 0. The maximum Gasteiger partial charge on any atom is 0.262 e. The molecular weight excluding hydrogens is 322 g/mol. The van der Waals surface area contributed by atoms with Crippen LogP contribution < -0.4 is 10.6 Å². The van der Waals surface area contributed by atoms with E-state index in [-0.39, 0.29) is 17.9 Å². The molecule has 7 nitrogen and oxygen atoms in total. The quantitative estimate of drug-likeness (QED) is 0.730. The van der Waals surface area contributed by atoms with Crippen molar-refractivity contribution in [3.63, 3.8) is 0 Å². The average molecular weight is 345 g/mol. The highest BCUT2D eigenvalue weighted by atomic mass is 16.5. The van der Waals surface area contributed by atoms with E-state index in [1.165, 1.54) is 0 Å². The molecule has 0 radical (unpaired) electrons. The van der Waals surface area contributed by atoms with Gasteiger partial charge in [0.1, 0.15) is 6.54 Å². The van der Waals surface area contributed by atoms with Crippen LogP contribution >= 0.6 is 0 Å². The third-order valence-electron chi connectivity index (χ3n) is 4.96. The molecule has 0 bridgehead atoms. The average Bonchev–Trinajstić information content (AvgIpc) is 2.87. The molecule has 1 fully saturated rings. The predicted octanol–water partition coefficient (Wildman–Crippen LogP) is 0.415. The molecule has 1 saturated heterocycles. The normalized spacial score (nSPS) is 19.0. The molecule has 2 aliphatic rings. The van der Waals surface area contributed by atoms with Crippen LogP contribution in [-0.2, 0) is 9.53 Å². The summed E-state index contributed by atoms with van der Waals surface area (Å²) in [6, 6.07) is 6.63. The first-order valence-electron chi connectivity index (χ1n) is 8.48. The number of ether oxygens (including phenoxy) is 1. The Labute approximate surface area is 146 Å². The number of rotatable bonds is 6. The second-order valence-electron chi connectivity index (χ2n) is 6.70. The minimum absolute atomic E-state index is 0.0996. The third kappa shape index (κ3) is 3.57. The number of amides is 3. The van der Waals surface area contributed by atoms with Gasteiger partial charge in [0, 0.05) is 19.1 Å². The van der Waals surface area contributed by atoms with Gasteiger partial charge in [0.25, 0.3) is 11.8 Å². The van der Waals surface area contributed by atoms with Crippen LogP contribution in [0.2, 0.25) is 0 Å². The topological polar surface area (TPSA) is 87.7 Å². The van der Waals surface area contributed by atoms with Gasteiger partial charge in [0.15, 0.2) is 0 Å². The van der Waals surface area contributed by atoms with E-state index in [2.05, 4.69) is 10.6 Å². The summed E-state index contributed by atoms with van der Waals surface area (Å²) in [5.74, 6) is -1.16. The Bertz CT molecular complexity index is 642. The molecule has 1 aromatic rings. The van der Waals surface area contributed by atoms with Crippen LogP contribution in [0.4, 0.5) is 0 Å². The molecule has 134 valence electrons. The summed E-state index contributed by atoms with van der Waals surface area (Å²) in [4.78, 5) is 37.9. The van der Waals surface area contributed by atoms with Crippen molar-refractivity contribution in [2.24, 2.45) is 5.41 Å². The largest absolute Gasteiger partial charge is 0.384 e. The van der Waals surface area contributed by atoms with Gasteiger partial charge in [0.2, 0.25) is 5.91 Å². The van der Waals surface area contributed by atoms with E-state index < -0.39 is 11.8 Å². The SMILES string of the molecule is COCC1(CNC(=O)CN2C(=O)c3ccccc3C2=O)CCNCC1. The first-order valence-corrected chi connectivity index (χ1v) is 8.48. The Balaban J connectivity index is 1.60. The summed E-state index contributed by atoms with van der Waals surface area (Å²) in [6.07, 6.45) is 1.82. The van der Waals surface area contributed by atoms with Gasteiger partial charge in [-0.15, -0.1) is 0 Å². The van der Waals surface area contributed by atoms with Crippen molar-refractivity contribution in [1.29, 1.82) is 0 Å². The lowest BCUT2D eigenvalue weighted by molar-refractivity contribution is -0.122. The fourth-order valence-corrected chi connectivity index (χ4v) is 3.50. The number of nitrogens with one attached hydrogen (secondary N) is 2. The first kappa shape index (κ1) is 17.6. The molecule has 3 amide bonds. The molecular formula is C18H23N3O4. The second-order valence-corrected chi connectivity index (χ2v) is 6.70. The van der Waals surface area contributed by atoms with Crippen LogP contribution in [0, 0.1) is 5.41 Å². The lowest BCUT2D eigenvalue weighted by atomic mass is 9.79. The van der Waals surface area contributed by atoms with Crippen molar-refractivity contribution < 1.29 is 19.1 Å². The number of carbonyl (C=O) groups is 3. The maximum atomic E-state index is 12.3. The van der Waals surface area contributed by atoms with Crippen molar-refractivity contribution in [2.75, 3.05) is 39.9 Å². The number of fused-ring (bicyclic) bond motifs is 1. The highest BCUT2D eigenvalue weighted by Crippen LogP contribution is 2.28. The van der Waals surface area contributed by atoms with Crippen LogP contribution in [-0.4, -0.2) is 62.5 Å². The van der Waals surface area contributed by atoms with Crippen LogP contribution in [0.5, 0.6) is 0 Å². The maximum absolute atomic E-state index is 12.3. The minimum Gasteiger partial charge on any atom is -0.384 e. The molecule has 1 aromatic carbocycles. The molecule has 7 heteroatoms. The van der Waals surface area contributed by atoms with Crippen LogP contribution in [0.1, 0.15) is 33.6 Å². The zero-order valence-electron chi connectivity index (χ0n) is 14.3. The van der Waals surface area contributed by atoms with Crippen molar-refractivity contribution in [1.82, 2.24) is 15.5 Å². The van der Waals surface area contributed by atoms with E-state index in [9.17, 15) is 14.4 Å². The highest BCUT2D eigenvalue weighted by molar-refractivity contribution is 6.22. The lowest BCUT2D eigenvalue weighted by Crippen LogP contribution is -2.49.